The van der Waals surface area contributed by atoms with Crippen LogP contribution in [0, 0.1) is 0 Å². The lowest BCUT2D eigenvalue weighted by Crippen LogP contribution is -2.25. The lowest BCUT2D eigenvalue weighted by Gasteiger charge is -2.18. The minimum absolute atomic E-state index is 0.102. The fourth-order valence-corrected chi connectivity index (χ4v) is 1.19. The van der Waals surface area contributed by atoms with Gasteiger partial charge in [0.15, 0.2) is 8.32 Å². The molecule has 78 valence electrons. The van der Waals surface area contributed by atoms with Crippen LogP contribution in [0.2, 0.25) is 19.6 Å². The Bertz CT molecular complexity index is 163. The molecule has 0 aliphatic heterocycles. The van der Waals surface area contributed by atoms with E-state index in [0.717, 1.165) is 0 Å². The van der Waals surface area contributed by atoms with Crippen LogP contribution >= 0.6 is 0 Å². The summed E-state index contributed by atoms with van der Waals surface area (Å²) in [5, 5.41) is 0. The molecule has 0 aromatic carbocycles. The van der Waals surface area contributed by atoms with Crippen LogP contribution in [0.15, 0.2) is 12.3 Å². The van der Waals surface area contributed by atoms with Crippen LogP contribution in [0.4, 0.5) is 0 Å². The van der Waals surface area contributed by atoms with E-state index in [1.807, 2.05) is 26.8 Å². The summed E-state index contributed by atoms with van der Waals surface area (Å²) in [4.78, 5) is 0. The molecular formula is C10H22O2Si. The van der Waals surface area contributed by atoms with E-state index in [4.69, 9.17) is 9.16 Å². The van der Waals surface area contributed by atoms with E-state index in [1.165, 1.54) is 0 Å². The Morgan fingerprint density at radius 1 is 1.15 bits per heavy atom. The van der Waals surface area contributed by atoms with Crippen molar-refractivity contribution < 1.29 is 9.16 Å². The molecule has 0 radical (unpaired) electrons. The first kappa shape index (κ1) is 12.7. The fraction of sp³-hybridized carbons (Fsp3) is 0.800. The maximum Gasteiger partial charge on any atom is 0.184 e. The van der Waals surface area contributed by atoms with E-state index in [-0.39, 0.29) is 5.60 Å². The Hall–Kier alpha value is -0.283. The topological polar surface area (TPSA) is 18.5 Å². The second-order valence-electron chi connectivity index (χ2n) is 5.03. The van der Waals surface area contributed by atoms with Gasteiger partial charge in [-0.2, -0.15) is 0 Å². The minimum Gasteiger partial charge on any atom is -0.496 e. The molecule has 0 aromatic heterocycles. The van der Waals surface area contributed by atoms with Gasteiger partial charge >= 0.3 is 0 Å². The van der Waals surface area contributed by atoms with Crippen LogP contribution in [0.25, 0.3) is 0 Å². The highest BCUT2D eigenvalue weighted by Gasteiger charge is 2.12. The minimum atomic E-state index is -1.36. The summed E-state index contributed by atoms with van der Waals surface area (Å²) < 4.78 is 11.0. The molecule has 0 saturated heterocycles. The Kier molecular flexibility index (Phi) is 4.71. The van der Waals surface area contributed by atoms with E-state index in [0.29, 0.717) is 6.61 Å². The average Bonchev–Trinajstić information content (AvgIpc) is 1.81. The molecular weight excluding hydrogens is 180 g/mol. The van der Waals surface area contributed by atoms with Crippen molar-refractivity contribution in [3.8, 4) is 0 Å². The zero-order chi connectivity index (χ0) is 10.5. The molecule has 0 aromatic rings. The van der Waals surface area contributed by atoms with E-state index in [1.54, 1.807) is 6.26 Å². The van der Waals surface area contributed by atoms with Crippen molar-refractivity contribution in [3.05, 3.63) is 12.3 Å². The average molecular weight is 202 g/mol. The van der Waals surface area contributed by atoms with Crippen molar-refractivity contribution in [3.63, 3.8) is 0 Å². The molecule has 2 nitrogen and oxygen atoms in total. The third kappa shape index (κ3) is 11.7. The van der Waals surface area contributed by atoms with Gasteiger partial charge in [-0.15, -0.1) is 0 Å². The van der Waals surface area contributed by atoms with Gasteiger partial charge in [0, 0.05) is 0 Å². The second kappa shape index (κ2) is 4.82. The van der Waals surface area contributed by atoms with Crippen molar-refractivity contribution in [2.75, 3.05) is 6.61 Å². The summed E-state index contributed by atoms with van der Waals surface area (Å²) in [5.41, 5.74) is -0.102. The maximum atomic E-state index is 5.62. The zero-order valence-electron chi connectivity index (χ0n) is 9.68. The second-order valence-corrected chi connectivity index (χ2v) is 9.54. The van der Waals surface area contributed by atoms with Crippen LogP contribution in [0.3, 0.4) is 0 Å². The first-order chi connectivity index (χ1) is 5.71. The third-order valence-corrected chi connectivity index (χ3v) is 2.16. The highest BCUT2D eigenvalue weighted by Crippen LogP contribution is 2.07. The lowest BCUT2D eigenvalue weighted by atomic mass is 10.2. The molecule has 0 N–H and O–H groups in total. The summed E-state index contributed by atoms with van der Waals surface area (Å²) in [6.07, 6.45) is 3.64. The van der Waals surface area contributed by atoms with Gasteiger partial charge in [0.2, 0.25) is 0 Å². The van der Waals surface area contributed by atoms with E-state index < -0.39 is 8.32 Å². The monoisotopic (exact) mass is 202 g/mol. The summed E-state index contributed by atoms with van der Waals surface area (Å²) in [6.45, 7) is 13.2. The normalized spacial score (nSPS) is 13.7. The number of rotatable bonds is 4. The zero-order valence-corrected chi connectivity index (χ0v) is 10.7. The van der Waals surface area contributed by atoms with Gasteiger partial charge in [-0.05, 0) is 46.5 Å². The smallest absolute Gasteiger partial charge is 0.184 e. The van der Waals surface area contributed by atoms with Crippen LogP contribution in [-0.2, 0) is 9.16 Å². The highest BCUT2D eigenvalue weighted by atomic mass is 28.4. The molecule has 0 aliphatic rings. The summed E-state index contributed by atoms with van der Waals surface area (Å²) in [7, 11) is -1.36. The number of ether oxygens (including phenoxy) is 1. The number of hydrogen-bond acceptors (Lipinski definition) is 2. The van der Waals surface area contributed by atoms with Crippen molar-refractivity contribution in [1.29, 1.82) is 0 Å². The Balaban J connectivity index is 3.55. The summed E-state index contributed by atoms with van der Waals surface area (Å²) >= 11 is 0. The molecule has 0 saturated carbocycles. The predicted molar refractivity (Wildman–Crippen MR) is 59.3 cm³/mol. The van der Waals surface area contributed by atoms with Gasteiger partial charge in [-0.25, -0.2) is 0 Å². The lowest BCUT2D eigenvalue weighted by molar-refractivity contribution is 0.0756. The van der Waals surface area contributed by atoms with Gasteiger partial charge in [0.05, 0.1) is 18.5 Å². The summed E-state index contributed by atoms with van der Waals surface area (Å²) in [5.74, 6) is 0. The first-order valence-corrected chi connectivity index (χ1v) is 8.08. The van der Waals surface area contributed by atoms with Crippen LogP contribution < -0.4 is 0 Å². The van der Waals surface area contributed by atoms with Crippen molar-refractivity contribution in [1.82, 2.24) is 0 Å². The first-order valence-electron chi connectivity index (χ1n) is 4.67. The van der Waals surface area contributed by atoms with E-state index >= 15 is 0 Å². The summed E-state index contributed by atoms with van der Waals surface area (Å²) in [6, 6.07) is 0. The highest BCUT2D eigenvalue weighted by molar-refractivity contribution is 6.69. The van der Waals surface area contributed by atoms with Crippen molar-refractivity contribution in [2.45, 2.75) is 46.0 Å². The van der Waals surface area contributed by atoms with E-state index in [9.17, 15) is 0 Å². The predicted octanol–water partition coefficient (Wildman–Crippen LogP) is 3.17. The Labute approximate surface area is 83.1 Å². The molecule has 0 spiro atoms. The Morgan fingerprint density at radius 3 is 2.08 bits per heavy atom. The van der Waals surface area contributed by atoms with Crippen molar-refractivity contribution >= 4 is 8.32 Å². The fourth-order valence-electron chi connectivity index (χ4n) is 0.590. The Morgan fingerprint density at radius 2 is 1.69 bits per heavy atom. The third-order valence-electron chi connectivity index (χ3n) is 1.13. The molecule has 0 bridgehead atoms. The van der Waals surface area contributed by atoms with Crippen molar-refractivity contribution in [2.24, 2.45) is 0 Å². The van der Waals surface area contributed by atoms with E-state index in [2.05, 4.69) is 19.6 Å². The van der Waals surface area contributed by atoms with Gasteiger partial charge in [0.25, 0.3) is 0 Å². The van der Waals surface area contributed by atoms with Gasteiger partial charge in [-0.3, -0.25) is 0 Å². The largest absolute Gasteiger partial charge is 0.496 e. The van der Waals surface area contributed by atoms with Gasteiger partial charge in [0.1, 0.15) is 0 Å². The van der Waals surface area contributed by atoms with Crippen LogP contribution in [-0.4, -0.2) is 20.5 Å². The maximum absolute atomic E-state index is 5.62. The molecule has 0 heterocycles. The molecule has 0 fully saturated rings. The standard InChI is InChI=1S/C10H22O2Si/c1-10(2,3)11-8-7-9-12-13(4,5)6/h7-8H,9H2,1-6H3. The van der Waals surface area contributed by atoms with Crippen LogP contribution in [0.5, 0.6) is 0 Å². The number of hydrogen-bond donors (Lipinski definition) is 0. The van der Waals surface area contributed by atoms with Gasteiger partial charge in [-0.1, -0.05) is 0 Å². The van der Waals surface area contributed by atoms with Crippen LogP contribution in [0.1, 0.15) is 20.8 Å². The molecule has 0 rings (SSSR count). The molecule has 3 heteroatoms. The quantitative estimate of drug-likeness (QED) is 0.515. The molecule has 13 heavy (non-hydrogen) atoms. The molecule has 0 atom stereocenters. The molecule has 0 aliphatic carbocycles. The van der Waals surface area contributed by atoms with Gasteiger partial charge < -0.3 is 9.16 Å². The molecule has 0 unspecified atom stereocenters. The SMILES string of the molecule is CC(C)(C)OC=CCO[Si](C)(C)C. The molecule has 0 amide bonds.